The maximum Gasteiger partial charge on any atom is 0.127 e. The molecule has 2 heteroatoms. The minimum absolute atomic E-state index is 0.0111. The molecule has 2 nitrogen and oxygen atoms in total. The number of unbranched alkanes of at least 4 members (excludes halogenated alkanes) is 1. The molecule has 0 spiro atoms. The Labute approximate surface area is 112 Å². The van der Waals surface area contributed by atoms with Gasteiger partial charge in [0.05, 0.1) is 0 Å². The second-order valence-electron chi connectivity index (χ2n) is 6.72. The molecule has 0 unspecified atom stereocenters. The van der Waals surface area contributed by atoms with Gasteiger partial charge in [0, 0.05) is 18.0 Å². The van der Waals surface area contributed by atoms with Crippen LogP contribution in [0.3, 0.4) is 0 Å². The topological polar surface area (TPSA) is 20.3 Å². The maximum atomic E-state index is 11.6. The molecule has 2 saturated carbocycles. The summed E-state index contributed by atoms with van der Waals surface area (Å²) in [5.74, 6) is 0.822. The first kappa shape index (κ1) is 14.0. The van der Waals surface area contributed by atoms with E-state index in [9.17, 15) is 4.79 Å². The van der Waals surface area contributed by atoms with Crippen molar-refractivity contribution in [3.63, 3.8) is 0 Å². The predicted molar refractivity (Wildman–Crippen MR) is 75.6 cm³/mol. The van der Waals surface area contributed by atoms with Crippen LogP contribution in [0.1, 0.15) is 65.2 Å². The van der Waals surface area contributed by atoms with Gasteiger partial charge >= 0.3 is 0 Å². The highest BCUT2D eigenvalue weighted by Crippen LogP contribution is 2.40. The normalized spacial score (nSPS) is 32.7. The number of hydrogen-bond acceptors (Lipinski definition) is 2. The monoisotopic (exact) mass is 251 g/mol. The molecule has 0 heterocycles. The summed E-state index contributed by atoms with van der Waals surface area (Å²) in [4.78, 5) is 14.2. The molecule has 0 aliphatic heterocycles. The van der Waals surface area contributed by atoms with Crippen molar-refractivity contribution in [1.29, 1.82) is 0 Å². The zero-order chi connectivity index (χ0) is 13.0. The van der Waals surface area contributed by atoms with E-state index in [-0.39, 0.29) is 5.41 Å². The molecular weight excluding hydrogens is 222 g/mol. The van der Waals surface area contributed by atoms with Crippen molar-refractivity contribution >= 4 is 6.29 Å². The summed E-state index contributed by atoms with van der Waals surface area (Å²) in [6.07, 6.45) is 11.3. The lowest BCUT2D eigenvalue weighted by Crippen LogP contribution is -2.42. The molecule has 0 atom stereocenters. The first-order valence-corrected chi connectivity index (χ1v) is 7.89. The minimum Gasteiger partial charge on any atom is -0.303 e. The van der Waals surface area contributed by atoms with Crippen LogP contribution in [-0.2, 0) is 4.79 Å². The number of hydrogen-bond donors (Lipinski definition) is 0. The lowest BCUT2D eigenvalue weighted by atomic mass is 9.71. The lowest BCUT2D eigenvalue weighted by molar-refractivity contribution is -0.119. The molecule has 0 aromatic heterocycles. The molecule has 0 aromatic carbocycles. The Morgan fingerprint density at radius 2 is 1.89 bits per heavy atom. The summed E-state index contributed by atoms with van der Waals surface area (Å²) >= 11 is 0. The number of carbonyl (C=O) groups is 1. The zero-order valence-corrected chi connectivity index (χ0v) is 12.2. The summed E-state index contributed by atoms with van der Waals surface area (Å²) in [5, 5.41) is 0. The third kappa shape index (κ3) is 3.57. The largest absolute Gasteiger partial charge is 0.303 e. The van der Waals surface area contributed by atoms with Crippen molar-refractivity contribution in [1.82, 2.24) is 4.90 Å². The Morgan fingerprint density at radius 3 is 2.39 bits per heavy atom. The molecule has 0 radical (unpaired) electrons. The highest BCUT2D eigenvalue weighted by Gasteiger charge is 2.39. The first-order valence-electron chi connectivity index (χ1n) is 7.89. The van der Waals surface area contributed by atoms with Crippen LogP contribution in [0, 0.1) is 11.3 Å². The summed E-state index contributed by atoms with van der Waals surface area (Å²) in [7, 11) is 0. The van der Waals surface area contributed by atoms with Gasteiger partial charge in [0.15, 0.2) is 0 Å². The SMILES string of the molecule is CCCCN(CC1(C=O)CCC(C)CC1)C1CC1. The summed E-state index contributed by atoms with van der Waals surface area (Å²) in [6, 6.07) is 0.799. The molecule has 18 heavy (non-hydrogen) atoms. The fourth-order valence-electron chi connectivity index (χ4n) is 3.25. The number of rotatable bonds is 7. The Hall–Kier alpha value is -0.370. The Bertz CT molecular complexity index is 264. The minimum atomic E-state index is -0.0111. The van der Waals surface area contributed by atoms with Crippen LogP contribution in [0.15, 0.2) is 0 Å². The molecule has 0 N–H and O–H groups in total. The summed E-state index contributed by atoms with van der Waals surface area (Å²) in [5.41, 5.74) is -0.0111. The Morgan fingerprint density at radius 1 is 1.22 bits per heavy atom. The second-order valence-corrected chi connectivity index (χ2v) is 6.72. The maximum absolute atomic E-state index is 11.6. The molecular formula is C16H29NO. The molecule has 104 valence electrons. The van der Waals surface area contributed by atoms with Crippen molar-refractivity contribution in [2.24, 2.45) is 11.3 Å². The first-order chi connectivity index (χ1) is 8.69. The quantitative estimate of drug-likeness (QED) is 0.644. The van der Waals surface area contributed by atoms with Gasteiger partial charge in [0.25, 0.3) is 0 Å². The molecule has 2 rings (SSSR count). The van der Waals surface area contributed by atoms with Gasteiger partial charge in [0.2, 0.25) is 0 Å². The fourth-order valence-corrected chi connectivity index (χ4v) is 3.25. The van der Waals surface area contributed by atoms with E-state index >= 15 is 0 Å². The van der Waals surface area contributed by atoms with Gasteiger partial charge in [-0.1, -0.05) is 20.3 Å². The highest BCUT2D eigenvalue weighted by atomic mass is 16.1. The third-order valence-electron chi connectivity index (χ3n) is 4.90. The molecule has 0 amide bonds. The van der Waals surface area contributed by atoms with Gasteiger partial charge in [-0.3, -0.25) is 4.90 Å². The molecule has 0 saturated heterocycles. The van der Waals surface area contributed by atoms with Crippen molar-refractivity contribution in [2.45, 2.75) is 71.3 Å². The van der Waals surface area contributed by atoms with Crippen molar-refractivity contribution in [3.05, 3.63) is 0 Å². The van der Waals surface area contributed by atoms with E-state index in [2.05, 4.69) is 18.7 Å². The third-order valence-corrected chi connectivity index (χ3v) is 4.90. The van der Waals surface area contributed by atoms with Crippen LogP contribution in [0.2, 0.25) is 0 Å². The Kier molecular flexibility index (Phi) is 4.83. The van der Waals surface area contributed by atoms with Crippen molar-refractivity contribution < 1.29 is 4.79 Å². The smallest absolute Gasteiger partial charge is 0.127 e. The predicted octanol–water partition coefficient (Wildman–Crippen LogP) is 3.65. The van der Waals surface area contributed by atoms with Crippen molar-refractivity contribution in [3.8, 4) is 0 Å². The van der Waals surface area contributed by atoms with Crippen LogP contribution in [0.5, 0.6) is 0 Å². The van der Waals surface area contributed by atoms with Gasteiger partial charge < -0.3 is 4.79 Å². The number of nitrogens with zero attached hydrogens (tertiary/aromatic N) is 1. The van der Waals surface area contributed by atoms with Crippen LogP contribution < -0.4 is 0 Å². The van der Waals surface area contributed by atoms with E-state index < -0.39 is 0 Å². The van der Waals surface area contributed by atoms with Gasteiger partial charge in [-0.2, -0.15) is 0 Å². The summed E-state index contributed by atoms with van der Waals surface area (Å²) in [6.45, 7) is 6.81. The molecule has 2 fully saturated rings. The standard InChI is InChI=1S/C16H29NO/c1-3-4-11-17(15-5-6-15)12-16(13-18)9-7-14(2)8-10-16/h13-15H,3-12H2,1-2H3. The van der Waals surface area contributed by atoms with Crippen LogP contribution >= 0.6 is 0 Å². The van der Waals surface area contributed by atoms with E-state index in [4.69, 9.17) is 0 Å². The van der Waals surface area contributed by atoms with Crippen LogP contribution in [0.4, 0.5) is 0 Å². The summed E-state index contributed by atoms with van der Waals surface area (Å²) < 4.78 is 0. The molecule has 0 bridgehead atoms. The van der Waals surface area contributed by atoms with E-state index in [1.807, 2.05) is 0 Å². The average molecular weight is 251 g/mol. The van der Waals surface area contributed by atoms with Gasteiger partial charge in [-0.25, -0.2) is 0 Å². The van der Waals surface area contributed by atoms with Gasteiger partial charge in [-0.15, -0.1) is 0 Å². The molecule has 2 aliphatic carbocycles. The highest BCUT2D eigenvalue weighted by molar-refractivity contribution is 5.60. The van der Waals surface area contributed by atoms with Gasteiger partial charge in [-0.05, 0) is 57.4 Å². The average Bonchev–Trinajstić information content (AvgIpc) is 3.22. The van der Waals surface area contributed by atoms with E-state index in [1.54, 1.807) is 0 Å². The lowest BCUT2D eigenvalue weighted by Gasteiger charge is -2.39. The van der Waals surface area contributed by atoms with Crippen LogP contribution in [-0.4, -0.2) is 30.3 Å². The second kappa shape index (κ2) is 6.18. The van der Waals surface area contributed by atoms with E-state index in [0.29, 0.717) is 0 Å². The van der Waals surface area contributed by atoms with Crippen LogP contribution in [0.25, 0.3) is 0 Å². The zero-order valence-electron chi connectivity index (χ0n) is 12.2. The Balaban J connectivity index is 1.92. The molecule has 0 aromatic rings. The molecule has 2 aliphatic rings. The van der Waals surface area contributed by atoms with Gasteiger partial charge in [0.1, 0.15) is 6.29 Å². The number of aldehydes is 1. The fraction of sp³-hybridized carbons (Fsp3) is 0.938. The van der Waals surface area contributed by atoms with E-state index in [0.717, 1.165) is 31.3 Å². The number of carbonyl (C=O) groups excluding carboxylic acids is 1. The van der Waals surface area contributed by atoms with E-state index in [1.165, 1.54) is 51.4 Å². The van der Waals surface area contributed by atoms with Crippen molar-refractivity contribution in [2.75, 3.05) is 13.1 Å².